The van der Waals surface area contributed by atoms with Gasteiger partial charge in [0.25, 0.3) is 0 Å². The second-order valence-corrected chi connectivity index (χ2v) is 4.05. The first-order valence-electron chi connectivity index (χ1n) is 4.53. The molecule has 0 aromatic heterocycles. The van der Waals surface area contributed by atoms with Gasteiger partial charge in [0.1, 0.15) is 5.75 Å². The number of ether oxygens (including phenoxy) is 2. The summed E-state index contributed by atoms with van der Waals surface area (Å²) in [5.74, 6) is 1.68. The monoisotopic (exact) mass is 320 g/mol. The van der Waals surface area contributed by atoms with Gasteiger partial charge in [-0.1, -0.05) is 0 Å². The molecule has 0 fully saturated rings. The Morgan fingerprint density at radius 3 is 2.00 bits per heavy atom. The van der Waals surface area contributed by atoms with E-state index < -0.39 is 0 Å². The minimum absolute atomic E-state index is 0. The summed E-state index contributed by atoms with van der Waals surface area (Å²) in [5, 5.41) is 0. The molecule has 0 aliphatic heterocycles. The zero-order valence-corrected chi connectivity index (χ0v) is 9.50. The van der Waals surface area contributed by atoms with Crippen molar-refractivity contribution in [3.63, 3.8) is 0 Å². The summed E-state index contributed by atoms with van der Waals surface area (Å²) in [4.78, 5) is 0. The van der Waals surface area contributed by atoms with Crippen molar-refractivity contribution in [3.8, 4) is 11.5 Å². The van der Waals surface area contributed by atoms with Gasteiger partial charge < -0.3 is 9.47 Å². The van der Waals surface area contributed by atoms with Gasteiger partial charge in [0.05, 0.1) is 35.4 Å². The standard InChI is InChI=1S/C11H18NO2.Sn.4H/c1-12(2,3)10-7-6-9(13-4)8-11(10)14-5;;;;;/h6-8H,1-5H3;;;;;/q+1;;;;;. The van der Waals surface area contributed by atoms with Crippen LogP contribution in [0.2, 0.25) is 0 Å². The Kier molecular flexibility index (Phi) is 5.45. The van der Waals surface area contributed by atoms with Crippen molar-refractivity contribution in [3.05, 3.63) is 18.2 Å². The van der Waals surface area contributed by atoms with Crippen molar-refractivity contribution >= 4 is 29.6 Å². The molecule has 0 amide bonds. The number of benzene rings is 1. The van der Waals surface area contributed by atoms with Gasteiger partial charge in [0, 0.05) is 12.1 Å². The molecule has 0 aliphatic carbocycles. The van der Waals surface area contributed by atoms with E-state index in [1.54, 1.807) is 14.2 Å². The Hall–Kier alpha value is -0.421. The molecule has 86 valence electrons. The molecule has 0 aliphatic rings. The van der Waals surface area contributed by atoms with Crippen molar-refractivity contribution in [1.29, 1.82) is 0 Å². The predicted molar refractivity (Wildman–Crippen MR) is 70.4 cm³/mol. The number of quaternary nitrogens is 1. The average Bonchev–Trinajstić information content (AvgIpc) is 2.15. The Morgan fingerprint density at radius 1 is 1.00 bits per heavy atom. The molecule has 0 unspecified atom stereocenters. The fourth-order valence-corrected chi connectivity index (χ4v) is 1.34. The number of nitrogens with zero attached hydrogens (tertiary/aromatic N) is 1. The van der Waals surface area contributed by atoms with E-state index in [4.69, 9.17) is 9.47 Å². The van der Waals surface area contributed by atoms with Gasteiger partial charge in [-0.05, 0) is 6.07 Å². The Labute approximate surface area is 109 Å². The molecule has 0 N–H and O–H groups in total. The van der Waals surface area contributed by atoms with Crippen LogP contribution in [0.5, 0.6) is 11.5 Å². The molecular formula is C11H22NO2Sn+. The third-order valence-corrected chi connectivity index (χ3v) is 2.11. The second-order valence-electron chi connectivity index (χ2n) is 4.05. The van der Waals surface area contributed by atoms with Gasteiger partial charge >= 0.3 is 23.9 Å². The van der Waals surface area contributed by atoms with Gasteiger partial charge in [-0.15, -0.1) is 0 Å². The molecule has 15 heavy (non-hydrogen) atoms. The van der Waals surface area contributed by atoms with Crippen LogP contribution < -0.4 is 14.0 Å². The zero-order chi connectivity index (χ0) is 10.8. The third kappa shape index (κ3) is 3.57. The van der Waals surface area contributed by atoms with Crippen molar-refractivity contribution in [2.45, 2.75) is 0 Å². The zero-order valence-electron chi connectivity index (χ0n) is 9.50. The van der Waals surface area contributed by atoms with Crippen molar-refractivity contribution in [2.75, 3.05) is 35.4 Å². The van der Waals surface area contributed by atoms with E-state index in [1.165, 1.54) is 0 Å². The molecule has 0 bridgehead atoms. The molecule has 1 rings (SSSR count). The first kappa shape index (κ1) is 14.6. The van der Waals surface area contributed by atoms with Crippen LogP contribution in [0.1, 0.15) is 0 Å². The van der Waals surface area contributed by atoms with Crippen LogP contribution in [0.3, 0.4) is 0 Å². The van der Waals surface area contributed by atoms with E-state index in [2.05, 4.69) is 21.1 Å². The van der Waals surface area contributed by atoms with E-state index in [0.29, 0.717) is 0 Å². The first-order chi connectivity index (χ1) is 6.49. The molecule has 0 saturated carbocycles. The predicted octanol–water partition coefficient (Wildman–Crippen LogP) is 0.449. The van der Waals surface area contributed by atoms with E-state index in [0.717, 1.165) is 21.7 Å². The normalized spacial score (nSPS) is 10.5. The Morgan fingerprint density at radius 2 is 1.60 bits per heavy atom. The molecular weight excluding hydrogens is 297 g/mol. The third-order valence-electron chi connectivity index (χ3n) is 2.11. The summed E-state index contributed by atoms with van der Waals surface area (Å²) in [5.41, 5.74) is 1.13. The summed E-state index contributed by atoms with van der Waals surface area (Å²) in [6.07, 6.45) is 0. The molecule has 4 heteroatoms. The Bertz CT molecular complexity index is 321. The van der Waals surface area contributed by atoms with Gasteiger partial charge in [-0.2, -0.15) is 0 Å². The number of rotatable bonds is 3. The topological polar surface area (TPSA) is 18.5 Å². The summed E-state index contributed by atoms with van der Waals surface area (Å²) < 4.78 is 11.2. The molecule has 1 aromatic carbocycles. The summed E-state index contributed by atoms with van der Waals surface area (Å²) in [7, 11) is 9.63. The van der Waals surface area contributed by atoms with Crippen LogP contribution in [0.4, 0.5) is 5.69 Å². The van der Waals surface area contributed by atoms with E-state index in [9.17, 15) is 0 Å². The van der Waals surface area contributed by atoms with Crippen LogP contribution in [0.15, 0.2) is 18.2 Å². The fourth-order valence-electron chi connectivity index (χ4n) is 1.34. The van der Waals surface area contributed by atoms with Crippen molar-refractivity contribution in [1.82, 2.24) is 4.48 Å². The molecule has 0 radical (unpaired) electrons. The van der Waals surface area contributed by atoms with Crippen LogP contribution in [-0.2, 0) is 0 Å². The van der Waals surface area contributed by atoms with Crippen LogP contribution in [0.25, 0.3) is 0 Å². The minimum atomic E-state index is 0. The maximum atomic E-state index is 5.32. The van der Waals surface area contributed by atoms with Crippen LogP contribution in [-0.4, -0.2) is 59.3 Å². The van der Waals surface area contributed by atoms with Gasteiger partial charge in [0.15, 0.2) is 11.4 Å². The quantitative estimate of drug-likeness (QED) is 0.595. The van der Waals surface area contributed by atoms with E-state index in [-0.39, 0.29) is 23.9 Å². The number of hydrogen-bond donors (Lipinski definition) is 0. The number of methoxy groups -OCH3 is 2. The summed E-state index contributed by atoms with van der Waals surface area (Å²) in [6.45, 7) is 0. The Balaban J connectivity index is 0.00000196. The molecule has 3 nitrogen and oxygen atoms in total. The van der Waals surface area contributed by atoms with E-state index >= 15 is 0 Å². The SMILES string of the molecule is COc1ccc([N+](C)(C)C)c(OC)c1.[SnH4]. The average molecular weight is 319 g/mol. The van der Waals surface area contributed by atoms with E-state index in [1.807, 2.05) is 18.2 Å². The van der Waals surface area contributed by atoms with Gasteiger partial charge in [-0.25, -0.2) is 0 Å². The van der Waals surface area contributed by atoms with Crippen LogP contribution >= 0.6 is 0 Å². The maximum absolute atomic E-state index is 5.32. The first-order valence-corrected chi connectivity index (χ1v) is 4.53. The van der Waals surface area contributed by atoms with Crippen LogP contribution in [0, 0.1) is 0 Å². The fraction of sp³-hybridized carbons (Fsp3) is 0.455. The molecule has 0 spiro atoms. The summed E-state index contributed by atoms with van der Waals surface area (Å²) in [6, 6.07) is 5.87. The summed E-state index contributed by atoms with van der Waals surface area (Å²) >= 11 is 0. The number of hydrogen-bond acceptors (Lipinski definition) is 2. The molecule has 1 aromatic rings. The van der Waals surface area contributed by atoms with Crippen molar-refractivity contribution in [2.24, 2.45) is 0 Å². The molecule has 0 atom stereocenters. The van der Waals surface area contributed by atoms with Gasteiger partial charge in [-0.3, -0.25) is 4.48 Å². The molecule has 0 saturated heterocycles. The molecule has 0 heterocycles. The van der Waals surface area contributed by atoms with Gasteiger partial charge in [0.2, 0.25) is 0 Å². The van der Waals surface area contributed by atoms with Crippen molar-refractivity contribution < 1.29 is 9.47 Å². The second kappa shape index (κ2) is 5.60.